The van der Waals surface area contributed by atoms with E-state index in [1.54, 1.807) is 0 Å². The number of hydrogen-bond acceptors (Lipinski definition) is 4. The van der Waals surface area contributed by atoms with Crippen LogP contribution in [0.4, 0.5) is 0 Å². The second-order valence-corrected chi connectivity index (χ2v) is 5.38. The van der Waals surface area contributed by atoms with E-state index >= 15 is 0 Å². The number of hydrogen-bond donors (Lipinski definition) is 1. The Bertz CT molecular complexity index is 641. The van der Waals surface area contributed by atoms with Gasteiger partial charge in [0.15, 0.2) is 0 Å². The fourth-order valence-corrected chi connectivity index (χ4v) is 2.51. The minimum atomic E-state index is 0.547. The molecule has 0 atom stereocenters. The molecule has 0 unspecified atom stereocenters. The van der Waals surface area contributed by atoms with Gasteiger partial charge in [-0.25, -0.2) is 0 Å². The van der Waals surface area contributed by atoms with Gasteiger partial charge in [-0.3, -0.25) is 4.99 Å². The van der Waals surface area contributed by atoms with E-state index in [2.05, 4.69) is 22.4 Å². The van der Waals surface area contributed by atoms with Crippen molar-refractivity contribution in [3.63, 3.8) is 0 Å². The summed E-state index contributed by atoms with van der Waals surface area (Å²) in [4.78, 5) is 4.57. The minimum Gasteiger partial charge on any atom is -0.491 e. The minimum absolute atomic E-state index is 0.547. The first-order chi connectivity index (χ1) is 11.4. The maximum Gasteiger partial charge on any atom is 0.128 e. The summed E-state index contributed by atoms with van der Waals surface area (Å²) in [6.07, 6.45) is 1.10. The average Bonchev–Trinajstić information content (AvgIpc) is 2.63. The van der Waals surface area contributed by atoms with Gasteiger partial charge in [-0.1, -0.05) is 42.5 Å². The van der Waals surface area contributed by atoms with Crippen LogP contribution in [0.5, 0.6) is 5.75 Å². The number of nitrogens with one attached hydrogen (secondary N) is 1. The van der Waals surface area contributed by atoms with Crippen molar-refractivity contribution in [3.05, 3.63) is 65.7 Å². The second-order valence-electron chi connectivity index (χ2n) is 5.38. The van der Waals surface area contributed by atoms with Gasteiger partial charge < -0.3 is 14.8 Å². The highest BCUT2D eigenvalue weighted by Gasteiger charge is 2.11. The van der Waals surface area contributed by atoms with Crippen LogP contribution >= 0.6 is 0 Å². The molecule has 2 aromatic rings. The Morgan fingerprint density at radius 1 is 0.957 bits per heavy atom. The summed E-state index contributed by atoms with van der Waals surface area (Å²) < 4.78 is 11.4. The molecular weight excluding hydrogens is 288 g/mol. The lowest BCUT2D eigenvalue weighted by Gasteiger charge is -2.17. The molecule has 4 nitrogen and oxygen atoms in total. The number of nitrogens with zero attached hydrogens (tertiary/aromatic N) is 1. The summed E-state index contributed by atoms with van der Waals surface area (Å²) in [6, 6.07) is 18.0. The first kappa shape index (κ1) is 15.6. The highest BCUT2D eigenvalue weighted by molar-refractivity contribution is 6.00. The smallest absolute Gasteiger partial charge is 0.128 e. The molecule has 2 aromatic carbocycles. The van der Waals surface area contributed by atoms with Crippen molar-refractivity contribution >= 4 is 5.84 Å². The van der Waals surface area contributed by atoms with Crippen molar-refractivity contribution in [3.8, 4) is 5.75 Å². The van der Waals surface area contributed by atoms with Crippen LogP contribution in [0.2, 0.25) is 0 Å². The zero-order valence-electron chi connectivity index (χ0n) is 13.2. The maximum absolute atomic E-state index is 5.77. The van der Waals surface area contributed by atoms with Crippen molar-refractivity contribution in [2.24, 2.45) is 4.99 Å². The number of benzene rings is 2. The molecule has 1 N–H and O–H groups in total. The number of para-hydroxylation sites is 1. The van der Waals surface area contributed by atoms with Crippen molar-refractivity contribution in [1.29, 1.82) is 0 Å². The highest BCUT2D eigenvalue weighted by Crippen LogP contribution is 2.13. The van der Waals surface area contributed by atoms with E-state index in [4.69, 9.17) is 9.47 Å². The summed E-state index contributed by atoms with van der Waals surface area (Å²) in [7, 11) is 0. The molecule has 4 heteroatoms. The van der Waals surface area contributed by atoms with E-state index in [9.17, 15) is 0 Å². The lowest BCUT2D eigenvalue weighted by Crippen LogP contribution is -2.31. The van der Waals surface area contributed by atoms with E-state index < -0.39 is 0 Å². The molecule has 0 saturated heterocycles. The van der Waals surface area contributed by atoms with E-state index in [-0.39, 0.29) is 0 Å². The van der Waals surface area contributed by atoms with Crippen LogP contribution < -0.4 is 10.1 Å². The summed E-state index contributed by atoms with van der Waals surface area (Å²) in [5.41, 5.74) is 2.29. The molecule has 0 saturated carbocycles. The second kappa shape index (κ2) is 8.34. The summed E-state index contributed by atoms with van der Waals surface area (Å²) in [5, 5.41) is 3.37. The zero-order valence-corrected chi connectivity index (χ0v) is 13.2. The van der Waals surface area contributed by atoms with E-state index in [0.29, 0.717) is 19.8 Å². The lowest BCUT2D eigenvalue weighted by molar-refractivity contribution is 0.0888. The van der Waals surface area contributed by atoms with Gasteiger partial charge in [0.2, 0.25) is 0 Å². The third-order valence-corrected chi connectivity index (χ3v) is 3.67. The third kappa shape index (κ3) is 4.57. The van der Waals surface area contributed by atoms with Gasteiger partial charge in [0, 0.05) is 18.7 Å². The van der Waals surface area contributed by atoms with Crippen molar-refractivity contribution in [2.75, 3.05) is 26.3 Å². The molecule has 0 aromatic heterocycles. The first-order valence-electron chi connectivity index (χ1n) is 8.06. The molecular formula is C19H22N2O2. The predicted octanol–water partition coefficient (Wildman–Crippen LogP) is 3.02. The fraction of sp³-hybridized carbons (Fsp3) is 0.316. The largest absolute Gasteiger partial charge is 0.491 e. The van der Waals surface area contributed by atoms with Crippen LogP contribution in [0.3, 0.4) is 0 Å². The topological polar surface area (TPSA) is 42.9 Å². The molecule has 1 heterocycles. The normalized spacial score (nSPS) is 14.0. The number of amidine groups is 1. The van der Waals surface area contributed by atoms with Crippen LogP contribution in [0.1, 0.15) is 17.5 Å². The Hall–Kier alpha value is -2.33. The van der Waals surface area contributed by atoms with Gasteiger partial charge in [-0.2, -0.15) is 0 Å². The molecule has 0 aliphatic carbocycles. The molecule has 0 spiro atoms. The number of ether oxygens (including phenoxy) is 2. The van der Waals surface area contributed by atoms with E-state index in [0.717, 1.165) is 42.2 Å². The Labute approximate surface area is 137 Å². The highest BCUT2D eigenvalue weighted by atomic mass is 16.5. The molecule has 0 bridgehead atoms. The Morgan fingerprint density at radius 2 is 1.78 bits per heavy atom. The maximum atomic E-state index is 5.77. The van der Waals surface area contributed by atoms with Crippen LogP contribution in [-0.4, -0.2) is 32.1 Å². The van der Waals surface area contributed by atoms with Crippen LogP contribution in [0, 0.1) is 0 Å². The Balaban J connectivity index is 1.49. The average molecular weight is 310 g/mol. The first-order valence-corrected chi connectivity index (χ1v) is 8.06. The van der Waals surface area contributed by atoms with Gasteiger partial charge in [0.1, 0.15) is 18.2 Å². The van der Waals surface area contributed by atoms with Crippen LogP contribution in [-0.2, 0) is 11.3 Å². The Morgan fingerprint density at radius 3 is 2.61 bits per heavy atom. The van der Waals surface area contributed by atoms with Gasteiger partial charge in [0.05, 0.1) is 13.2 Å². The lowest BCUT2D eigenvalue weighted by atomic mass is 10.1. The van der Waals surface area contributed by atoms with Crippen molar-refractivity contribution < 1.29 is 9.47 Å². The fourth-order valence-electron chi connectivity index (χ4n) is 2.51. The monoisotopic (exact) mass is 310 g/mol. The molecule has 0 radical (unpaired) electrons. The molecule has 0 amide bonds. The van der Waals surface area contributed by atoms with Crippen LogP contribution in [0.25, 0.3) is 0 Å². The zero-order chi connectivity index (χ0) is 15.7. The van der Waals surface area contributed by atoms with Crippen molar-refractivity contribution in [1.82, 2.24) is 5.32 Å². The standard InChI is InChI=1S/C19H22N2O2/c1-2-8-17(9-3-1)23-14-13-22-15-16-7-4-5-10-18(16)19-20-11-6-12-21-19/h1-5,7-10H,6,11-15H2,(H,20,21). The van der Waals surface area contributed by atoms with Gasteiger partial charge >= 0.3 is 0 Å². The Kier molecular flexibility index (Phi) is 5.64. The molecule has 1 aliphatic rings. The number of aliphatic imine (C=N–C) groups is 1. The van der Waals surface area contributed by atoms with Gasteiger partial charge in [0.25, 0.3) is 0 Å². The molecule has 0 fully saturated rings. The van der Waals surface area contributed by atoms with E-state index in [1.165, 1.54) is 0 Å². The van der Waals surface area contributed by atoms with E-state index in [1.807, 2.05) is 42.5 Å². The summed E-state index contributed by atoms with van der Waals surface area (Å²) in [6.45, 7) is 3.55. The summed E-state index contributed by atoms with van der Waals surface area (Å²) in [5.74, 6) is 1.85. The summed E-state index contributed by atoms with van der Waals surface area (Å²) >= 11 is 0. The molecule has 120 valence electrons. The predicted molar refractivity (Wildman–Crippen MR) is 92.1 cm³/mol. The SMILES string of the molecule is c1ccc(OCCOCc2ccccc2C2=NCCCN2)cc1. The van der Waals surface area contributed by atoms with Gasteiger partial charge in [-0.15, -0.1) is 0 Å². The molecule has 23 heavy (non-hydrogen) atoms. The van der Waals surface area contributed by atoms with Crippen molar-refractivity contribution in [2.45, 2.75) is 13.0 Å². The number of rotatable bonds is 7. The third-order valence-electron chi connectivity index (χ3n) is 3.67. The van der Waals surface area contributed by atoms with Gasteiger partial charge in [-0.05, 0) is 24.1 Å². The molecule has 3 rings (SSSR count). The molecule has 1 aliphatic heterocycles. The quantitative estimate of drug-likeness (QED) is 0.799. The van der Waals surface area contributed by atoms with Crippen LogP contribution in [0.15, 0.2) is 59.6 Å².